The first-order valence-electron chi connectivity index (χ1n) is 4.57. The molecule has 0 aliphatic rings. The standard InChI is InChI=1S/C11H11Cl3N2/c1-16(2)10(8-15,11(12,13)14)9-6-4-3-5-7-9/h3-7H,1-2H3. The second-order valence-electron chi connectivity index (χ2n) is 3.58. The summed E-state index contributed by atoms with van der Waals surface area (Å²) in [7, 11) is 3.41. The summed E-state index contributed by atoms with van der Waals surface area (Å²) in [6.07, 6.45) is 0. The van der Waals surface area contributed by atoms with Crippen LogP contribution >= 0.6 is 34.8 Å². The van der Waals surface area contributed by atoms with E-state index in [1.807, 2.05) is 6.07 Å². The fourth-order valence-electron chi connectivity index (χ4n) is 1.58. The second-order valence-corrected chi connectivity index (χ2v) is 5.86. The smallest absolute Gasteiger partial charge is 0.226 e. The van der Waals surface area contributed by atoms with Crippen molar-refractivity contribution in [3.8, 4) is 6.07 Å². The largest absolute Gasteiger partial charge is 0.284 e. The Bertz CT molecular complexity index is 392. The average Bonchev–Trinajstić information content (AvgIpc) is 2.18. The molecule has 0 spiro atoms. The maximum Gasteiger partial charge on any atom is 0.226 e. The Hall–Kier alpha value is -0.460. The molecular formula is C11H11Cl3N2. The first-order valence-corrected chi connectivity index (χ1v) is 5.70. The molecule has 0 radical (unpaired) electrons. The predicted octanol–water partition coefficient (Wildman–Crippen LogP) is 3.34. The van der Waals surface area contributed by atoms with Crippen molar-refractivity contribution >= 4 is 34.8 Å². The normalized spacial score (nSPS) is 15.6. The number of nitriles is 1. The van der Waals surface area contributed by atoms with Crippen LogP contribution in [0, 0.1) is 11.3 Å². The lowest BCUT2D eigenvalue weighted by Gasteiger charge is -2.39. The molecule has 0 aliphatic carbocycles. The van der Waals surface area contributed by atoms with Crippen molar-refractivity contribution in [2.24, 2.45) is 0 Å². The maximum absolute atomic E-state index is 9.39. The molecule has 5 heteroatoms. The topological polar surface area (TPSA) is 27.0 Å². The van der Waals surface area contributed by atoms with E-state index in [4.69, 9.17) is 34.8 Å². The van der Waals surface area contributed by atoms with Gasteiger partial charge in [-0.2, -0.15) is 5.26 Å². The van der Waals surface area contributed by atoms with E-state index >= 15 is 0 Å². The highest BCUT2D eigenvalue weighted by atomic mass is 35.6. The van der Waals surface area contributed by atoms with Crippen LogP contribution in [0.3, 0.4) is 0 Å². The Morgan fingerprint density at radius 2 is 1.62 bits per heavy atom. The third kappa shape index (κ3) is 2.14. The van der Waals surface area contributed by atoms with Crippen LogP contribution in [0.1, 0.15) is 5.56 Å². The number of hydrogen-bond donors (Lipinski definition) is 0. The first-order chi connectivity index (χ1) is 7.36. The lowest BCUT2D eigenvalue weighted by Crippen LogP contribution is -2.50. The predicted molar refractivity (Wildman–Crippen MR) is 67.7 cm³/mol. The van der Waals surface area contributed by atoms with Crippen molar-refractivity contribution in [2.45, 2.75) is 9.33 Å². The average molecular weight is 278 g/mol. The van der Waals surface area contributed by atoms with E-state index in [9.17, 15) is 5.26 Å². The highest BCUT2D eigenvalue weighted by Gasteiger charge is 2.52. The molecule has 86 valence electrons. The van der Waals surface area contributed by atoms with E-state index < -0.39 is 9.33 Å². The third-order valence-electron chi connectivity index (χ3n) is 2.43. The van der Waals surface area contributed by atoms with E-state index in [0.717, 1.165) is 0 Å². The van der Waals surface area contributed by atoms with Crippen LogP contribution in [-0.2, 0) is 5.54 Å². The van der Waals surface area contributed by atoms with Gasteiger partial charge in [-0.3, -0.25) is 4.90 Å². The molecule has 0 fully saturated rings. The van der Waals surface area contributed by atoms with Crippen LogP contribution in [0.5, 0.6) is 0 Å². The number of nitrogens with zero attached hydrogens (tertiary/aromatic N) is 2. The SMILES string of the molecule is CN(C)C(C#N)(c1ccccc1)C(Cl)(Cl)Cl. The Labute approximate surface area is 110 Å². The molecule has 0 aromatic heterocycles. The summed E-state index contributed by atoms with van der Waals surface area (Å²) in [6.45, 7) is 0. The summed E-state index contributed by atoms with van der Waals surface area (Å²) in [5, 5.41) is 9.39. The summed E-state index contributed by atoms with van der Waals surface area (Å²) >= 11 is 17.9. The summed E-state index contributed by atoms with van der Waals surface area (Å²) in [5.74, 6) is 0. The summed E-state index contributed by atoms with van der Waals surface area (Å²) < 4.78 is -1.73. The molecule has 16 heavy (non-hydrogen) atoms. The molecular weight excluding hydrogens is 266 g/mol. The van der Waals surface area contributed by atoms with Gasteiger partial charge in [-0.1, -0.05) is 65.1 Å². The van der Waals surface area contributed by atoms with E-state index in [0.29, 0.717) is 5.56 Å². The van der Waals surface area contributed by atoms with Crippen LogP contribution in [0.25, 0.3) is 0 Å². The molecule has 1 aromatic rings. The Kier molecular flexibility index (Phi) is 4.09. The highest BCUT2D eigenvalue weighted by Crippen LogP contribution is 2.47. The molecule has 1 aromatic carbocycles. The molecule has 0 aliphatic heterocycles. The quantitative estimate of drug-likeness (QED) is 0.775. The van der Waals surface area contributed by atoms with Gasteiger partial charge in [0.05, 0.1) is 6.07 Å². The molecule has 0 amide bonds. The lowest BCUT2D eigenvalue weighted by molar-refractivity contribution is 0.221. The summed E-state index contributed by atoms with van der Waals surface area (Å²) in [5.41, 5.74) is -0.638. The Balaban J connectivity index is 3.44. The molecule has 0 heterocycles. The fraction of sp³-hybridized carbons (Fsp3) is 0.364. The number of hydrogen-bond acceptors (Lipinski definition) is 2. The molecule has 0 saturated heterocycles. The first kappa shape index (κ1) is 13.6. The van der Waals surface area contributed by atoms with E-state index in [1.165, 1.54) is 0 Å². The highest BCUT2D eigenvalue weighted by molar-refractivity contribution is 6.68. The van der Waals surface area contributed by atoms with E-state index in [1.54, 1.807) is 43.3 Å². The van der Waals surface area contributed by atoms with Crippen LogP contribution in [0.2, 0.25) is 0 Å². The van der Waals surface area contributed by atoms with Crippen molar-refractivity contribution in [3.05, 3.63) is 35.9 Å². The van der Waals surface area contributed by atoms with Gasteiger partial charge in [0.2, 0.25) is 3.79 Å². The zero-order chi connectivity index (χ0) is 12.4. The van der Waals surface area contributed by atoms with Crippen LogP contribution in [-0.4, -0.2) is 22.8 Å². The monoisotopic (exact) mass is 276 g/mol. The van der Waals surface area contributed by atoms with Crippen LogP contribution < -0.4 is 0 Å². The number of halogens is 3. The molecule has 0 N–H and O–H groups in total. The molecule has 1 atom stereocenters. The van der Waals surface area contributed by atoms with Gasteiger partial charge in [0.15, 0.2) is 5.54 Å². The zero-order valence-electron chi connectivity index (χ0n) is 8.92. The number of alkyl halides is 3. The van der Waals surface area contributed by atoms with Gasteiger partial charge in [0, 0.05) is 0 Å². The van der Waals surface area contributed by atoms with E-state index in [-0.39, 0.29) is 0 Å². The second kappa shape index (κ2) is 4.81. The maximum atomic E-state index is 9.39. The summed E-state index contributed by atoms with van der Waals surface area (Å²) in [6, 6.07) is 11.1. The zero-order valence-corrected chi connectivity index (χ0v) is 11.2. The molecule has 1 unspecified atom stereocenters. The molecule has 2 nitrogen and oxygen atoms in total. The Morgan fingerprint density at radius 1 is 1.12 bits per heavy atom. The lowest BCUT2D eigenvalue weighted by atomic mass is 9.91. The molecule has 1 rings (SSSR count). The minimum absolute atomic E-state index is 0.655. The van der Waals surface area contributed by atoms with Gasteiger partial charge in [0.25, 0.3) is 0 Å². The van der Waals surface area contributed by atoms with Crippen molar-refractivity contribution in [2.75, 3.05) is 14.1 Å². The minimum Gasteiger partial charge on any atom is -0.284 e. The van der Waals surface area contributed by atoms with Crippen molar-refractivity contribution in [1.29, 1.82) is 5.26 Å². The molecule has 0 saturated carbocycles. The van der Waals surface area contributed by atoms with Crippen LogP contribution in [0.4, 0.5) is 0 Å². The Morgan fingerprint density at radius 3 is 1.94 bits per heavy atom. The van der Waals surface area contributed by atoms with Crippen LogP contribution in [0.15, 0.2) is 30.3 Å². The van der Waals surface area contributed by atoms with Crippen molar-refractivity contribution < 1.29 is 0 Å². The van der Waals surface area contributed by atoms with Gasteiger partial charge in [-0.25, -0.2) is 0 Å². The van der Waals surface area contributed by atoms with Gasteiger partial charge >= 0.3 is 0 Å². The fourth-order valence-corrected chi connectivity index (χ4v) is 2.54. The van der Waals surface area contributed by atoms with Gasteiger partial charge in [-0.05, 0) is 19.7 Å². The van der Waals surface area contributed by atoms with E-state index in [2.05, 4.69) is 6.07 Å². The van der Waals surface area contributed by atoms with Gasteiger partial charge in [-0.15, -0.1) is 0 Å². The van der Waals surface area contributed by atoms with Crippen molar-refractivity contribution in [1.82, 2.24) is 4.90 Å². The third-order valence-corrected chi connectivity index (χ3v) is 3.25. The minimum atomic E-state index is -1.73. The van der Waals surface area contributed by atoms with Crippen molar-refractivity contribution in [3.63, 3.8) is 0 Å². The van der Waals surface area contributed by atoms with Gasteiger partial charge in [0.1, 0.15) is 0 Å². The molecule has 0 bridgehead atoms. The number of rotatable bonds is 2. The van der Waals surface area contributed by atoms with Gasteiger partial charge < -0.3 is 0 Å². The number of benzene rings is 1. The summed E-state index contributed by atoms with van der Waals surface area (Å²) in [4.78, 5) is 1.61.